The number of nitrogens with one attached hydrogen (secondary N) is 1. The van der Waals surface area contributed by atoms with E-state index in [2.05, 4.69) is 18.7 Å². The first-order valence-corrected chi connectivity index (χ1v) is 5.54. The van der Waals surface area contributed by atoms with Gasteiger partial charge in [0.25, 0.3) is 0 Å². The molecule has 0 spiro atoms. The van der Waals surface area contributed by atoms with Crippen molar-refractivity contribution in [3.63, 3.8) is 0 Å². The van der Waals surface area contributed by atoms with Gasteiger partial charge in [0.2, 0.25) is 0 Å². The minimum atomic E-state index is 0.306. The second kappa shape index (κ2) is 5.35. The smallest absolute Gasteiger partial charge is 0.0958 e. The highest BCUT2D eigenvalue weighted by Gasteiger charge is 2.26. The largest absolute Gasteiger partial charge is 0.379 e. The molecule has 1 heterocycles. The van der Waals surface area contributed by atoms with Gasteiger partial charge >= 0.3 is 0 Å². The highest BCUT2D eigenvalue weighted by Crippen LogP contribution is 2.20. The topological polar surface area (TPSA) is 36.3 Å². The van der Waals surface area contributed by atoms with Crippen molar-refractivity contribution in [3.8, 4) is 0 Å². The van der Waals surface area contributed by atoms with E-state index in [1.54, 1.807) is 7.11 Å². The van der Waals surface area contributed by atoms with Crippen LogP contribution in [0, 0.1) is 11.3 Å². The number of hydrogen-bond acceptors (Lipinski definition) is 2. The molecule has 0 aromatic rings. The van der Waals surface area contributed by atoms with Crippen LogP contribution < -0.4 is 0 Å². The lowest BCUT2D eigenvalue weighted by Gasteiger charge is -2.37. The Morgan fingerprint density at radius 2 is 2.29 bits per heavy atom. The Hall–Kier alpha value is -0.570. The summed E-state index contributed by atoms with van der Waals surface area (Å²) in [4.78, 5) is 2.16. The van der Waals surface area contributed by atoms with Crippen LogP contribution in [0.2, 0.25) is 0 Å². The first-order valence-electron chi connectivity index (χ1n) is 5.54. The van der Waals surface area contributed by atoms with Gasteiger partial charge in [-0.1, -0.05) is 13.8 Å². The van der Waals surface area contributed by atoms with Crippen LogP contribution in [-0.2, 0) is 4.74 Å². The molecule has 0 amide bonds. The summed E-state index contributed by atoms with van der Waals surface area (Å²) in [7, 11) is 1.77. The molecule has 82 valence electrons. The first kappa shape index (κ1) is 11.5. The van der Waals surface area contributed by atoms with Crippen LogP contribution in [0.1, 0.15) is 33.1 Å². The van der Waals surface area contributed by atoms with Crippen molar-refractivity contribution in [2.75, 3.05) is 20.2 Å². The predicted octanol–water partition coefficient (Wildman–Crippen LogP) is 2.12. The molecule has 1 N–H and O–H groups in total. The van der Waals surface area contributed by atoms with Gasteiger partial charge in [0.15, 0.2) is 0 Å². The Morgan fingerprint density at radius 3 is 2.86 bits per heavy atom. The molecule has 1 saturated heterocycles. The lowest BCUT2D eigenvalue weighted by Crippen LogP contribution is -2.46. The fraction of sp³-hybridized carbons (Fsp3) is 0.909. The van der Waals surface area contributed by atoms with Gasteiger partial charge in [-0.25, -0.2) is 0 Å². The van der Waals surface area contributed by atoms with Crippen molar-refractivity contribution in [1.29, 1.82) is 5.41 Å². The van der Waals surface area contributed by atoms with E-state index in [0.717, 1.165) is 38.2 Å². The van der Waals surface area contributed by atoms with Gasteiger partial charge in [0, 0.05) is 26.6 Å². The zero-order valence-corrected chi connectivity index (χ0v) is 9.55. The molecular weight excluding hydrogens is 176 g/mol. The lowest BCUT2D eigenvalue weighted by atomic mass is 9.95. The Kier molecular flexibility index (Phi) is 4.39. The maximum Gasteiger partial charge on any atom is 0.0958 e. The van der Waals surface area contributed by atoms with Crippen molar-refractivity contribution in [2.24, 2.45) is 5.92 Å². The molecule has 1 fully saturated rings. The van der Waals surface area contributed by atoms with E-state index in [9.17, 15) is 0 Å². The molecule has 0 aromatic carbocycles. The molecule has 2 atom stereocenters. The van der Waals surface area contributed by atoms with Crippen LogP contribution in [0.4, 0.5) is 0 Å². The van der Waals surface area contributed by atoms with Gasteiger partial charge < -0.3 is 9.64 Å². The van der Waals surface area contributed by atoms with Crippen molar-refractivity contribution in [2.45, 2.75) is 39.2 Å². The lowest BCUT2D eigenvalue weighted by molar-refractivity contribution is 0.0142. The summed E-state index contributed by atoms with van der Waals surface area (Å²) >= 11 is 0. The number of rotatable bonds is 3. The van der Waals surface area contributed by atoms with E-state index in [4.69, 9.17) is 10.1 Å². The molecule has 1 rings (SSSR count). The van der Waals surface area contributed by atoms with Crippen LogP contribution in [0.3, 0.4) is 0 Å². The predicted molar refractivity (Wildman–Crippen MR) is 58.8 cm³/mol. The second-order valence-electron chi connectivity index (χ2n) is 4.18. The zero-order chi connectivity index (χ0) is 10.6. The first-order chi connectivity index (χ1) is 6.69. The van der Waals surface area contributed by atoms with Crippen molar-refractivity contribution >= 4 is 5.84 Å². The highest BCUT2D eigenvalue weighted by atomic mass is 16.5. The van der Waals surface area contributed by atoms with Crippen molar-refractivity contribution in [1.82, 2.24) is 4.90 Å². The summed E-state index contributed by atoms with van der Waals surface area (Å²) in [6.07, 6.45) is 3.40. The number of nitrogens with zero attached hydrogens (tertiary/aromatic N) is 1. The summed E-state index contributed by atoms with van der Waals surface area (Å²) in [6, 6.07) is 0. The van der Waals surface area contributed by atoms with E-state index < -0.39 is 0 Å². The highest BCUT2D eigenvalue weighted by molar-refractivity contribution is 5.79. The Labute approximate surface area is 86.9 Å². The molecule has 3 nitrogen and oxygen atoms in total. The quantitative estimate of drug-likeness (QED) is 0.557. The number of ether oxygens (including phenoxy) is 1. The van der Waals surface area contributed by atoms with Crippen LogP contribution in [0.25, 0.3) is 0 Å². The van der Waals surface area contributed by atoms with Gasteiger partial charge in [-0.15, -0.1) is 0 Å². The average Bonchev–Trinajstić information content (AvgIpc) is 2.19. The van der Waals surface area contributed by atoms with Gasteiger partial charge in [-0.3, -0.25) is 5.41 Å². The number of methoxy groups -OCH3 is 1. The van der Waals surface area contributed by atoms with E-state index in [-0.39, 0.29) is 0 Å². The Morgan fingerprint density at radius 1 is 1.57 bits per heavy atom. The van der Waals surface area contributed by atoms with E-state index in [1.807, 2.05) is 0 Å². The van der Waals surface area contributed by atoms with Crippen LogP contribution in [-0.4, -0.2) is 37.0 Å². The molecule has 1 aliphatic heterocycles. The SMILES string of the molecule is CCCC(=N)N1CCC(C)C(OC)C1. The van der Waals surface area contributed by atoms with E-state index in [1.165, 1.54) is 0 Å². The number of likely N-dealkylation sites (tertiary alicyclic amines) is 1. The number of amidine groups is 1. The molecule has 3 heteroatoms. The van der Waals surface area contributed by atoms with Crippen LogP contribution in [0.15, 0.2) is 0 Å². The maximum absolute atomic E-state index is 7.88. The Bertz CT molecular complexity index is 194. The third-order valence-corrected chi connectivity index (χ3v) is 3.06. The molecule has 0 aromatic heterocycles. The molecule has 14 heavy (non-hydrogen) atoms. The molecule has 2 unspecified atom stereocenters. The van der Waals surface area contributed by atoms with Crippen LogP contribution in [0.5, 0.6) is 0 Å². The maximum atomic E-state index is 7.88. The molecule has 0 saturated carbocycles. The summed E-state index contributed by atoms with van der Waals surface area (Å²) in [5.41, 5.74) is 0. The van der Waals surface area contributed by atoms with E-state index in [0.29, 0.717) is 12.0 Å². The summed E-state index contributed by atoms with van der Waals surface area (Å²) in [6.45, 7) is 6.28. The summed E-state index contributed by atoms with van der Waals surface area (Å²) in [5.74, 6) is 1.41. The third kappa shape index (κ3) is 2.71. The fourth-order valence-electron chi connectivity index (χ4n) is 1.98. The van der Waals surface area contributed by atoms with Crippen LogP contribution >= 0.6 is 0 Å². The monoisotopic (exact) mass is 198 g/mol. The standard InChI is InChI=1S/C11H22N2O/c1-4-5-11(12)13-7-6-9(2)10(8-13)14-3/h9-10,12H,4-8H2,1-3H3. The second-order valence-corrected chi connectivity index (χ2v) is 4.18. The number of hydrogen-bond donors (Lipinski definition) is 1. The summed E-state index contributed by atoms with van der Waals surface area (Å²) in [5, 5.41) is 7.88. The van der Waals surface area contributed by atoms with Crippen molar-refractivity contribution < 1.29 is 4.74 Å². The normalized spacial score (nSPS) is 27.8. The van der Waals surface area contributed by atoms with Gasteiger partial charge in [-0.05, 0) is 18.8 Å². The Balaban J connectivity index is 2.45. The van der Waals surface area contributed by atoms with Crippen molar-refractivity contribution in [3.05, 3.63) is 0 Å². The molecule has 1 aliphatic rings. The summed E-state index contributed by atoms with van der Waals surface area (Å²) < 4.78 is 5.42. The molecular formula is C11H22N2O. The van der Waals surface area contributed by atoms with Gasteiger partial charge in [0.05, 0.1) is 11.9 Å². The van der Waals surface area contributed by atoms with Gasteiger partial charge in [0.1, 0.15) is 0 Å². The average molecular weight is 198 g/mol. The third-order valence-electron chi connectivity index (χ3n) is 3.06. The molecule has 0 bridgehead atoms. The minimum Gasteiger partial charge on any atom is -0.379 e. The number of piperidine rings is 1. The van der Waals surface area contributed by atoms with Gasteiger partial charge in [-0.2, -0.15) is 0 Å². The molecule has 0 aliphatic carbocycles. The molecule has 0 radical (unpaired) electrons. The van der Waals surface area contributed by atoms with E-state index >= 15 is 0 Å². The fourth-order valence-corrected chi connectivity index (χ4v) is 1.98. The minimum absolute atomic E-state index is 0.306. The zero-order valence-electron chi connectivity index (χ0n) is 9.55.